The van der Waals surface area contributed by atoms with E-state index < -0.39 is 9.04 Å². The topological polar surface area (TPSA) is 18.5 Å². The Morgan fingerprint density at radius 3 is 1.67 bits per heavy atom. The third kappa shape index (κ3) is 3.29. The lowest BCUT2D eigenvalue weighted by atomic mass is 10.4. The largest absolute Gasteiger partial charge is 0.386 e. The number of hydrogen-bond acceptors (Lipinski definition) is 2. The minimum absolute atomic E-state index is 0.179. The van der Waals surface area contributed by atoms with Crippen LogP contribution in [0.4, 0.5) is 0 Å². The van der Waals surface area contributed by atoms with Crippen molar-refractivity contribution in [2.24, 2.45) is 0 Å². The van der Waals surface area contributed by atoms with Gasteiger partial charge in [-0.05, 0) is 17.3 Å². The van der Waals surface area contributed by atoms with Crippen molar-refractivity contribution in [1.29, 1.82) is 0 Å². The molecule has 3 heteroatoms. The van der Waals surface area contributed by atoms with Crippen LogP contribution in [0.1, 0.15) is 6.92 Å². The highest BCUT2D eigenvalue weighted by molar-refractivity contribution is 6.80. The summed E-state index contributed by atoms with van der Waals surface area (Å²) in [5.41, 5.74) is 0. The van der Waals surface area contributed by atoms with Crippen LogP contribution >= 0.6 is 0 Å². The second-order valence-electron chi connectivity index (χ2n) is 4.14. The van der Waals surface area contributed by atoms with E-state index in [0.29, 0.717) is 0 Å². The molecule has 0 fully saturated rings. The number of ether oxygens (including phenoxy) is 1. The Bertz CT molecular complexity index is 419. The van der Waals surface area contributed by atoms with Crippen molar-refractivity contribution in [2.45, 2.75) is 13.2 Å². The van der Waals surface area contributed by atoms with Crippen molar-refractivity contribution in [1.82, 2.24) is 0 Å². The van der Waals surface area contributed by atoms with Crippen molar-refractivity contribution < 1.29 is 9.16 Å². The van der Waals surface area contributed by atoms with Gasteiger partial charge in [0.2, 0.25) is 9.04 Å². The summed E-state index contributed by atoms with van der Waals surface area (Å²) in [5.74, 6) is 0. The number of hydrogen-bond donors (Lipinski definition) is 0. The minimum Gasteiger partial charge on any atom is -0.386 e. The lowest BCUT2D eigenvalue weighted by Gasteiger charge is -2.21. The highest BCUT2D eigenvalue weighted by Crippen LogP contribution is 1.99. The summed E-state index contributed by atoms with van der Waals surface area (Å²) < 4.78 is 11.3. The summed E-state index contributed by atoms with van der Waals surface area (Å²) in [6.07, 6.45) is -0.179. The summed E-state index contributed by atoms with van der Waals surface area (Å²) in [6.45, 7) is 1.94. The molecule has 94 valence electrons. The van der Waals surface area contributed by atoms with Gasteiger partial charge in [0.25, 0.3) is 0 Å². The van der Waals surface area contributed by atoms with Gasteiger partial charge in [-0.15, -0.1) is 0 Å². The van der Waals surface area contributed by atoms with Crippen molar-refractivity contribution in [2.75, 3.05) is 7.11 Å². The molecule has 0 bridgehead atoms. The smallest absolute Gasteiger partial charge is 0.243 e. The summed E-state index contributed by atoms with van der Waals surface area (Å²) in [4.78, 5) is 0. The third-order valence-electron chi connectivity index (χ3n) is 2.86. The SMILES string of the molecule is COC(C)O[SiH](c1ccccc1)c1ccccc1. The first-order valence-electron chi connectivity index (χ1n) is 6.09. The maximum atomic E-state index is 6.09. The number of rotatable bonds is 5. The highest BCUT2D eigenvalue weighted by atomic mass is 28.3. The van der Waals surface area contributed by atoms with Crippen LogP contribution < -0.4 is 10.4 Å². The van der Waals surface area contributed by atoms with Crippen LogP contribution in [-0.4, -0.2) is 22.4 Å². The molecule has 2 aromatic rings. The van der Waals surface area contributed by atoms with E-state index in [4.69, 9.17) is 9.16 Å². The molecule has 0 aliphatic heterocycles. The molecular weight excluding hydrogens is 240 g/mol. The maximum absolute atomic E-state index is 6.09. The van der Waals surface area contributed by atoms with Gasteiger partial charge in [-0.2, -0.15) is 0 Å². The lowest BCUT2D eigenvalue weighted by molar-refractivity contribution is -0.0381. The van der Waals surface area contributed by atoms with Crippen LogP contribution in [0.15, 0.2) is 60.7 Å². The molecule has 2 aromatic carbocycles. The maximum Gasteiger partial charge on any atom is 0.243 e. The summed E-state index contributed by atoms with van der Waals surface area (Å²) >= 11 is 0. The van der Waals surface area contributed by atoms with Crippen LogP contribution in [0.5, 0.6) is 0 Å². The minimum atomic E-state index is -1.65. The zero-order valence-electron chi connectivity index (χ0n) is 10.7. The Hall–Kier alpha value is -1.42. The monoisotopic (exact) mass is 258 g/mol. The van der Waals surface area contributed by atoms with E-state index >= 15 is 0 Å². The first-order chi connectivity index (χ1) is 8.81. The van der Waals surface area contributed by atoms with Gasteiger partial charge in [0, 0.05) is 7.11 Å². The van der Waals surface area contributed by atoms with E-state index in [0.717, 1.165) is 0 Å². The second kappa shape index (κ2) is 6.49. The van der Waals surface area contributed by atoms with Gasteiger partial charge in [-0.25, -0.2) is 0 Å². The molecule has 0 N–H and O–H groups in total. The lowest BCUT2D eigenvalue weighted by Crippen LogP contribution is -2.47. The Kier molecular flexibility index (Phi) is 4.70. The Balaban J connectivity index is 2.29. The molecule has 2 nitrogen and oxygen atoms in total. The molecule has 0 spiro atoms. The molecule has 0 heterocycles. The first kappa shape index (κ1) is 13.0. The molecule has 0 amide bonds. The molecule has 18 heavy (non-hydrogen) atoms. The molecule has 0 aliphatic rings. The fourth-order valence-corrected chi connectivity index (χ4v) is 4.19. The van der Waals surface area contributed by atoms with Gasteiger partial charge in [0.1, 0.15) is 6.29 Å². The predicted molar refractivity (Wildman–Crippen MR) is 76.9 cm³/mol. The van der Waals surface area contributed by atoms with Crippen LogP contribution in [0.3, 0.4) is 0 Å². The van der Waals surface area contributed by atoms with Crippen molar-refractivity contribution >= 4 is 19.4 Å². The van der Waals surface area contributed by atoms with E-state index in [-0.39, 0.29) is 6.29 Å². The van der Waals surface area contributed by atoms with Crippen LogP contribution in [-0.2, 0) is 9.16 Å². The molecule has 0 radical (unpaired) electrons. The Labute approximate surface area is 110 Å². The fraction of sp³-hybridized carbons (Fsp3) is 0.200. The van der Waals surface area contributed by atoms with Crippen LogP contribution in [0.2, 0.25) is 0 Å². The van der Waals surface area contributed by atoms with Gasteiger partial charge in [-0.3, -0.25) is 0 Å². The average Bonchev–Trinajstić information content (AvgIpc) is 2.46. The van der Waals surface area contributed by atoms with Gasteiger partial charge in [0.15, 0.2) is 0 Å². The van der Waals surface area contributed by atoms with E-state index in [2.05, 4.69) is 48.5 Å². The van der Waals surface area contributed by atoms with Crippen molar-refractivity contribution in [3.8, 4) is 0 Å². The summed E-state index contributed by atoms with van der Waals surface area (Å²) in [5, 5.41) is 2.54. The molecule has 0 aliphatic carbocycles. The standard InChI is InChI=1S/C15H18O2Si/c1-13(16-2)17-18(14-9-5-3-6-10-14)15-11-7-4-8-12-15/h3-13,18H,1-2H3. The van der Waals surface area contributed by atoms with E-state index in [1.807, 2.05) is 19.1 Å². The molecule has 0 aromatic heterocycles. The van der Waals surface area contributed by atoms with E-state index in [1.54, 1.807) is 7.11 Å². The molecule has 1 unspecified atom stereocenters. The van der Waals surface area contributed by atoms with Crippen molar-refractivity contribution in [3.63, 3.8) is 0 Å². The first-order valence-corrected chi connectivity index (χ1v) is 7.72. The van der Waals surface area contributed by atoms with Gasteiger partial charge in [0.05, 0.1) is 0 Å². The predicted octanol–water partition coefficient (Wildman–Crippen LogP) is 1.53. The van der Waals surface area contributed by atoms with Gasteiger partial charge < -0.3 is 9.16 Å². The van der Waals surface area contributed by atoms with E-state index in [1.165, 1.54) is 10.4 Å². The third-order valence-corrected chi connectivity index (χ3v) is 5.50. The average molecular weight is 258 g/mol. The van der Waals surface area contributed by atoms with E-state index in [9.17, 15) is 0 Å². The highest BCUT2D eigenvalue weighted by Gasteiger charge is 2.19. The number of benzene rings is 2. The Morgan fingerprint density at radius 2 is 1.28 bits per heavy atom. The van der Waals surface area contributed by atoms with Gasteiger partial charge >= 0.3 is 0 Å². The van der Waals surface area contributed by atoms with Crippen LogP contribution in [0, 0.1) is 0 Å². The molecule has 0 saturated carbocycles. The van der Waals surface area contributed by atoms with Crippen molar-refractivity contribution in [3.05, 3.63) is 60.7 Å². The van der Waals surface area contributed by atoms with Gasteiger partial charge in [-0.1, -0.05) is 60.7 Å². The molecular formula is C15H18O2Si. The second-order valence-corrected chi connectivity index (χ2v) is 6.51. The van der Waals surface area contributed by atoms with Crippen LogP contribution in [0.25, 0.3) is 0 Å². The fourth-order valence-electron chi connectivity index (χ4n) is 1.85. The normalized spacial score (nSPS) is 12.6. The summed E-state index contributed by atoms with van der Waals surface area (Å²) in [6, 6.07) is 20.8. The molecule has 0 saturated heterocycles. The number of methoxy groups -OCH3 is 1. The molecule has 2 rings (SSSR count). The Morgan fingerprint density at radius 1 is 0.833 bits per heavy atom. The molecule has 1 atom stereocenters. The zero-order chi connectivity index (χ0) is 12.8. The zero-order valence-corrected chi connectivity index (χ0v) is 11.9. The quantitative estimate of drug-likeness (QED) is 0.598. The summed E-state index contributed by atoms with van der Waals surface area (Å²) in [7, 11) is 0.0218.